The lowest BCUT2D eigenvalue weighted by Crippen LogP contribution is -2.35. The lowest BCUT2D eigenvalue weighted by molar-refractivity contribution is -0.114. The van der Waals surface area contributed by atoms with Gasteiger partial charge in [-0.1, -0.05) is 30.7 Å². The summed E-state index contributed by atoms with van der Waals surface area (Å²) in [6.07, 6.45) is 3.22. The zero-order valence-corrected chi connectivity index (χ0v) is 21.6. The minimum absolute atomic E-state index is 0.0347. The average Bonchev–Trinajstić information content (AvgIpc) is 3.28. The Morgan fingerprint density at radius 3 is 2.53 bits per heavy atom. The average molecular weight is 529 g/mol. The number of hydrogen-bond acceptors (Lipinski definition) is 8. The van der Waals surface area contributed by atoms with Gasteiger partial charge in [0.1, 0.15) is 18.3 Å². The molecule has 188 valence electrons. The molecule has 0 aliphatic carbocycles. The van der Waals surface area contributed by atoms with Crippen LogP contribution in [0.25, 0.3) is 6.08 Å². The van der Waals surface area contributed by atoms with E-state index in [1.807, 2.05) is 31.2 Å². The number of halogens is 1. The van der Waals surface area contributed by atoms with Crippen LogP contribution in [0.2, 0.25) is 5.02 Å². The molecule has 0 unspecified atom stereocenters. The van der Waals surface area contributed by atoms with Crippen molar-refractivity contribution in [2.75, 3.05) is 27.4 Å². The van der Waals surface area contributed by atoms with Crippen LogP contribution in [0.15, 0.2) is 52.1 Å². The summed E-state index contributed by atoms with van der Waals surface area (Å²) in [5.74, 6) is 1.43. The molecular weight excluding hydrogens is 504 g/mol. The van der Waals surface area contributed by atoms with Crippen LogP contribution in [0.5, 0.6) is 23.0 Å². The van der Waals surface area contributed by atoms with E-state index in [0.29, 0.717) is 33.7 Å². The molecule has 0 aromatic heterocycles. The molecule has 0 spiro atoms. The molecule has 4 rings (SSSR count). The number of carbonyl (C=O) groups is 1. The van der Waals surface area contributed by atoms with Crippen molar-refractivity contribution in [1.82, 2.24) is 5.01 Å². The van der Waals surface area contributed by atoms with Gasteiger partial charge in [-0.3, -0.25) is 10.2 Å². The number of carbonyl (C=O) groups excluding carboxylic acids is 1. The van der Waals surface area contributed by atoms with Crippen LogP contribution in [0.1, 0.15) is 25.3 Å². The molecule has 1 N–H and O–H groups in total. The van der Waals surface area contributed by atoms with Gasteiger partial charge in [0.2, 0.25) is 5.17 Å². The molecular formula is C25H25ClN4O5S. The third kappa shape index (κ3) is 5.50. The number of nitrogens with one attached hydrogen (secondary N) is 1. The summed E-state index contributed by atoms with van der Waals surface area (Å²) >= 11 is 7.81. The van der Waals surface area contributed by atoms with Crippen molar-refractivity contribution >= 4 is 51.4 Å². The van der Waals surface area contributed by atoms with E-state index in [0.717, 1.165) is 17.9 Å². The molecule has 1 amide bonds. The van der Waals surface area contributed by atoms with Gasteiger partial charge in [0, 0.05) is 0 Å². The molecule has 2 aromatic rings. The lowest BCUT2D eigenvalue weighted by atomic mass is 10.1. The summed E-state index contributed by atoms with van der Waals surface area (Å²) in [4.78, 5) is 16.8. The molecule has 2 heterocycles. The fraction of sp³-hybridized carbons (Fsp3) is 0.280. The largest absolute Gasteiger partial charge is 0.493 e. The zero-order chi connectivity index (χ0) is 25.7. The number of nitrogens with zero attached hydrogens (tertiary/aromatic N) is 3. The van der Waals surface area contributed by atoms with Crippen molar-refractivity contribution in [3.8, 4) is 23.0 Å². The van der Waals surface area contributed by atoms with Gasteiger partial charge in [-0.15, -0.1) is 0 Å². The van der Waals surface area contributed by atoms with Gasteiger partial charge in [-0.05, 0) is 60.5 Å². The standard InChI is InChI=1S/C25H25ClN4O5S/c1-4-7-21-29-30-23(27)16(24(31)28-25(30)36-21)12-15-13-17(26)22(20(14-15)33-3)35-11-10-34-19-9-6-5-8-18(19)32-2/h5-6,8-9,12-14,27H,4,7,10-11H2,1-3H3/b16-12-,27-23?. The SMILES string of the molecule is CCCC1=NN2C(=N)/C(=C/c3cc(Cl)c(OCCOc4ccccc4OC)c(OC)c3)C(=O)N=C2S1. The minimum atomic E-state index is -0.504. The van der Waals surface area contributed by atoms with Gasteiger partial charge in [0.15, 0.2) is 28.8 Å². The highest BCUT2D eigenvalue weighted by Crippen LogP contribution is 2.38. The van der Waals surface area contributed by atoms with Crippen molar-refractivity contribution in [3.63, 3.8) is 0 Å². The van der Waals surface area contributed by atoms with E-state index < -0.39 is 5.91 Å². The predicted octanol–water partition coefficient (Wildman–Crippen LogP) is 5.23. The number of hydrazone groups is 1. The van der Waals surface area contributed by atoms with Gasteiger partial charge in [0.05, 0.1) is 24.8 Å². The maximum Gasteiger partial charge on any atom is 0.283 e. The van der Waals surface area contributed by atoms with Crippen LogP contribution in [0, 0.1) is 5.41 Å². The number of fused-ring (bicyclic) bond motifs is 1. The quantitative estimate of drug-likeness (QED) is 0.332. The van der Waals surface area contributed by atoms with E-state index >= 15 is 0 Å². The number of hydrogen-bond donors (Lipinski definition) is 1. The van der Waals surface area contributed by atoms with Gasteiger partial charge in [0.25, 0.3) is 5.91 Å². The van der Waals surface area contributed by atoms with Crippen molar-refractivity contribution in [2.45, 2.75) is 19.8 Å². The highest BCUT2D eigenvalue weighted by atomic mass is 35.5. The zero-order valence-electron chi connectivity index (χ0n) is 20.0. The third-order valence-corrected chi connectivity index (χ3v) is 6.43. The molecule has 9 nitrogen and oxygen atoms in total. The third-order valence-electron chi connectivity index (χ3n) is 5.18. The number of amidine groups is 2. The second-order valence-electron chi connectivity index (χ2n) is 7.65. The van der Waals surface area contributed by atoms with E-state index in [1.54, 1.807) is 25.3 Å². The van der Waals surface area contributed by atoms with Crippen molar-refractivity contribution in [1.29, 1.82) is 5.41 Å². The number of aliphatic imine (C=N–C) groups is 1. The fourth-order valence-corrected chi connectivity index (χ4v) is 4.77. The van der Waals surface area contributed by atoms with Crippen molar-refractivity contribution in [2.24, 2.45) is 10.1 Å². The van der Waals surface area contributed by atoms with E-state index in [-0.39, 0.29) is 29.6 Å². The molecule has 2 aromatic carbocycles. The Bertz CT molecular complexity index is 1280. The Labute approximate surface area is 218 Å². The topological polar surface area (TPSA) is 106 Å². The van der Waals surface area contributed by atoms with Crippen LogP contribution < -0.4 is 18.9 Å². The molecule has 2 aliphatic heterocycles. The molecule has 0 radical (unpaired) electrons. The summed E-state index contributed by atoms with van der Waals surface area (Å²) in [6, 6.07) is 10.7. The number of amides is 1. The number of methoxy groups -OCH3 is 2. The van der Waals surface area contributed by atoms with Crippen molar-refractivity contribution in [3.05, 3.63) is 52.6 Å². The second kappa shape index (κ2) is 11.5. The molecule has 0 saturated heterocycles. The van der Waals surface area contributed by atoms with Crippen LogP contribution >= 0.6 is 23.4 Å². The number of thioether (sulfide) groups is 1. The maximum atomic E-state index is 12.7. The predicted molar refractivity (Wildman–Crippen MR) is 142 cm³/mol. The molecule has 0 saturated carbocycles. The number of ether oxygens (including phenoxy) is 4. The first kappa shape index (κ1) is 25.6. The smallest absolute Gasteiger partial charge is 0.283 e. The highest BCUT2D eigenvalue weighted by Gasteiger charge is 2.35. The van der Waals surface area contributed by atoms with Gasteiger partial charge >= 0.3 is 0 Å². The van der Waals surface area contributed by atoms with E-state index in [1.165, 1.54) is 23.9 Å². The molecule has 0 atom stereocenters. The van der Waals surface area contributed by atoms with Crippen LogP contribution in [-0.4, -0.2) is 54.4 Å². The van der Waals surface area contributed by atoms with E-state index in [4.69, 9.17) is 36.0 Å². The van der Waals surface area contributed by atoms with Gasteiger partial charge in [-0.2, -0.15) is 15.1 Å². The monoisotopic (exact) mass is 528 g/mol. The number of rotatable bonds is 10. The molecule has 0 bridgehead atoms. The normalized spacial score (nSPS) is 16.0. The van der Waals surface area contributed by atoms with Crippen LogP contribution in [0.4, 0.5) is 0 Å². The van der Waals surface area contributed by atoms with Crippen LogP contribution in [0.3, 0.4) is 0 Å². The molecule has 0 fully saturated rings. The molecule has 2 aliphatic rings. The van der Waals surface area contributed by atoms with E-state index in [9.17, 15) is 4.79 Å². The first-order chi connectivity index (χ1) is 17.4. The Kier molecular flexibility index (Phi) is 8.17. The Balaban J connectivity index is 1.48. The number of benzene rings is 2. The highest BCUT2D eigenvalue weighted by molar-refractivity contribution is 8.26. The van der Waals surface area contributed by atoms with Crippen LogP contribution in [-0.2, 0) is 4.79 Å². The summed E-state index contributed by atoms with van der Waals surface area (Å²) in [7, 11) is 3.07. The second-order valence-corrected chi connectivity index (χ2v) is 9.09. The van der Waals surface area contributed by atoms with E-state index in [2.05, 4.69) is 10.1 Å². The van der Waals surface area contributed by atoms with Gasteiger partial charge < -0.3 is 18.9 Å². The summed E-state index contributed by atoms with van der Waals surface area (Å²) in [6.45, 7) is 2.51. The fourth-order valence-electron chi connectivity index (χ4n) is 3.51. The Morgan fingerprint density at radius 1 is 1.08 bits per heavy atom. The summed E-state index contributed by atoms with van der Waals surface area (Å²) in [5, 5.41) is 15.8. The first-order valence-electron chi connectivity index (χ1n) is 11.2. The Hall–Kier alpha value is -3.50. The Morgan fingerprint density at radius 2 is 1.81 bits per heavy atom. The molecule has 11 heteroatoms. The van der Waals surface area contributed by atoms with Crippen molar-refractivity contribution < 1.29 is 23.7 Å². The molecule has 36 heavy (non-hydrogen) atoms. The lowest BCUT2D eigenvalue weighted by Gasteiger charge is -2.20. The maximum absolute atomic E-state index is 12.7. The summed E-state index contributed by atoms with van der Waals surface area (Å²) in [5.41, 5.74) is 0.670. The first-order valence-corrected chi connectivity index (χ1v) is 12.4. The minimum Gasteiger partial charge on any atom is -0.493 e. The number of para-hydroxylation sites is 2. The summed E-state index contributed by atoms with van der Waals surface area (Å²) < 4.78 is 22.3. The van der Waals surface area contributed by atoms with Gasteiger partial charge in [-0.25, -0.2) is 0 Å².